The average molecular weight is 424 g/mol. The summed E-state index contributed by atoms with van der Waals surface area (Å²) in [6.07, 6.45) is 6.75. The number of phenolic OH excluding ortho intramolecular Hbond substituents is 1. The maximum Gasteiger partial charge on any atom is 0.266 e. The van der Waals surface area contributed by atoms with Crippen LogP contribution < -0.4 is 0 Å². The molecule has 1 amide bonds. The molecule has 0 spiro atoms. The highest BCUT2D eigenvalue weighted by atomic mass is 32.2. The number of benzene rings is 2. The molecular formula is C23H21NO3S2. The van der Waals surface area contributed by atoms with E-state index >= 15 is 0 Å². The number of amides is 1. The molecule has 29 heavy (non-hydrogen) atoms. The van der Waals surface area contributed by atoms with Gasteiger partial charge in [0.15, 0.2) is 0 Å². The number of nitrogens with zero attached hydrogens (tertiary/aromatic N) is 1. The molecule has 2 aromatic rings. The summed E-state index contributed by atoms with van der Waals surface area (Å²) in [6.45, 7) is 0.427. The molecule has 1 aliphatic heterocycles. The number of carbonyl (C=O) groups excluding carboxylic acids is 2. The number of aromatic hydroxyl groups is 1. The van der Waals surface area contributed by atoms with Gasteiger partial charge in [0.25, 0.3) is 5.91 Å². The maximum atomic E-state index is 12.6. The lowest BCUT2D eigenvalue weighted by atomic mass is 10.1. The van der Waals surface area contributed by atoms with Crippen LogP contribution >= 0.6 is 24.0 Å². The summed E-state index contributed by atoms with van der Waals surface area (Å²) >= 11 is 6.61. The molecule has 1 N–H and O–H groups in total. The Morgan fingerprint density at radius 3 is 2.69 bits per heavy atom. The average Bonchev–Trinajstić information content (AvgIpc) is 2.96. The van der Waals surface area contributed by atoms with Crippen LogP contribution in [0.1, 0.15) is 24.0 Å². The van der Waals surface area contributed by atoms with Gasteiger partial charge >= 0.3 is 0 Å². The number of rotatable bonds is 8. The van der Waals surface area contributed by atoms with Gasteiger partial charge in [-0.15, -0.1) is 0 Å². The minimum atomic E-state index is -0.113. The van der Waals surface area contributed by atoms with Crippen molar-refractivity contribution in [2.45, 2.75) is 19.3 Å². The zero-order chi connectivity index (χ0) is 20.6. The molecule has 6 heteroatoms. The molecule has 0 aliphatic carbocycles. The van der Waals surface area contributed by atoms with E-state index in [0.717, 1.165) is 11.1 Å². The van der Waals surface area contributed by atoms with E-state index in [1.807, 2.05) is 48.6 Å². The molecule has 1 saturated heterocycles. The molecule has 1 fully saturated rings. The molecule has 0 unspecified atom stereocenters. The number of ketones is 1. The predicted octanol–water partition coefficient (Wildman–Crippen LogP) is 4.74. The molecule has 1 aliphatic rings. The summed E-state index contributed by atoms with van der Waals surface area (Å²) in [6, 6.07) is 16.6. The van der Waals surface area contributed by atoms with Crippen LogP contribution in [0.5, 0.6) is 5.75 Å². The van der Waals surface area contributed by atoms with E-state index in [4.69, 9.17) is 12.2 Å². The van der Waals surface area contributed by atoms with Gasteiger partial charge in [0, 0.05) is 19.4 Å². The second-order valence-corrected chi connectivity index (χ2v) is 8.29. The molecule has 148 valence electrons. The smallest absolute Gasteiger partial charge is 0.266 e. The number of carbonyl (C=O) groups is 2. The van der Waals surface area contributed by atoms with Crippen LogP contribution in [-0.4, -0.2) is 32.6 Å². The highest BCUT2D eigenvalue weighted by molar-refractivity contribution is 8.26. The fourth-order valence-corrected chi connectivity index (χ4v) is 4.19. The third kappa shape index (κ3) is 6.14. The molecule has 0 saturated carbocycles. The van der Waals surface area contributed by atoms with Gasteiger partial charge in [0.05, 0.1) is 4.91 Å². The molecular weight excluding hydrogens is 402 g/mol. The van der Waals surface area contributed by atoms with Gasteiger partial charge in [-0.1, -0.05) is 78.6 Å². The quantitative estimate of drug-likeness (QED) is 0.491. The van der Waals surface area contributed by atoms with Crippen LogP contribution in [0.3, 0.4) is 0 Å². The minimum Gasteiger partial charge on any atom is -0.508 e. The summed E-state index contributed by atoms with van der Waals surface area (Å²) in [4.78, 5) is 26.9. The fraction of sp³-hybridized carbons (Fsp3) is 0.174. The Morgan fingerprint density at radius 1 is 1.14 bits per heavy atom. The Balaban J connectivity index is 1.49. The second-order valence-electron chi connectivity index (χ2n) is 6.61. The Hall–Kier alpha value is -2.70. The van der Waals surface area contributed by atoms with Crippen LogP contribution in [0.15, 0.2) is 71.7 Å². The normalized spacial score (nSPS) is 15.6. The van der Waals surface area contributed by atoms with Crippen molar-refractivity contribution < 1.29 is 14.7 Å². The van der Waals surface area contributed by atoms with Gasteiger partial charge in [-0.2, -0.15) is 0 Å². The molecule has 0 radical (unpaired) electrons. The van der Waals surface area contributed by atoms with E-state index in [1.165, 1.54) is 11.8 Å². The van der Waals surface area contributed by atoms with E-state index in [9.17, 15) is 14.7 Å². The highest BCUT2D eigenvalue weighted by Crippen LogP contribution is 2.31. The number of hydrogen-bond acceptors (Lipinski definition) is 5. The zero-order valence-corrected chi connectivity index (χ0v) is 17.4. The van der Waals surface area contributed by atoms with Crippen molar-refractivity contribution in [3.63, 3.8) is 0 Å². The first kappa shape index (κ1) is 21.0. The predicted molar refractivity (Wildman–Crippen MR) is 122 cm³/mol. The van der Waals surface area contributed by atoms with E-state index in [0.29, 0.717) is 28.6 Å². The third-order valence-corrected chi connectivity index (χ3v) is 5.75. The van der Waals surface area contributed by atoms with E-state index in [2.05, 4.69) is 0 Å². The van der Waals surface area contributed by atoms with Crippen molar-refractivity contribution in [2.75, 3.05) is 6.54 Å². The van der Waals surface area contributed by atoms with Gasteiger partial charge in [0.1, 0.15) is 15.9 Å². The molecule has 0 bridgehead atoms. The molecule has 2 aromatic carbocycles. The van der Waals surface area contributed by atoms with Crippen molar-refractivity contribution in [3.05, 3.63) is 82.8 Å². The zero-order valence-electron chi connectivity index (χ0n) is 15.8. The van der Waals surface area contributed by atoms with Crippen molar-refractivity contribution >= 4 is 46.1 Å². The SMILES string of the molecule is O=C(CCCN1C(=O)/C(=C/C=C/c2ccccc2)SC1=S)Cc1cccc(O)c1. The molecule has 4 nitrogen and oxygen atoms in total. The van der Waals surface area contributed by atoms with Crippen molar-refractivity contribution in [2.24, 2.45) is 0 Å². The summed E-state index contributed by atoms with van der Waals surface area (Å²) in [7, 11) is 0. The lowest BCUT2D eigenvalue weighted by molar-refractivity contribution is -0.123. The first-order chi connectivity index (χ1) is 14.0. The topological polar surface area (TPSA) is 57.6 Å². The van der Waals surface area contributed by atoms with Gasteiger partial charge in [0.2, 0.25) is 0 Å². The standard InChI is InChI=1S/C23H21NO3S2/c25-19-11-4-10-18(15-19)16-20(26)12-6-14-24-22(27)21(29-23(24)28)13-5-9-17-7-2-1-3-8-17/h1-5,7-11,13,15,25H,6,12,14,16H2/b9-5+,21-13-. The first-order valence-corrected chi connectivity index (χ1v) is 10.5. The van der Waals surface area contributed by atoms with Crippen LogP contribution in [0.25, 0.3) is 6.08 Å². The maximum absolute atomic E-state index is 12.6. The summed E-state index contributed by atoms with van der Waals surface area (Å²) in [5.74, 6) is 0.112. The van der Waals surface area contributed by atoms with E-state index in [1.54, 1.807) is 29.2 Å². The lowest BCUT2D eigenvalue weighted by Gasteiger charge is -2.13. The third-order valence-electron chi connectivity index (χ3n) is 4.36. The molecule has 3 rings (SSSR count). The number of phenols is 1. The Bertz CT molecular complexity index is 967. The molecule has 0 atom stereocenters. The van der Waals surface area contributed by atoms with E-state index in [-0.39, 0.29) is 23.9 Å². The van der Waals surface area contributed by atoms with Gasteiger partial charge in [-0.25, -0.2) is 0 Å². The summed E-state index contributed by atoms with van der Waals surface area (Å²) < 4.78 is 0.523. The van der Waals surface area contributed by atoms with Crippen LogP contribution in [0.2, 0.25) is 0 Å². The van der Waals surface area contributed by atoms with Crippen molar-refractivity contribution in [3.8, 4) is 5.75 Å². The monoisotopic (exact) mass is 423 g/mol. The van der Waals surface area contributed by atoms with Crippen LogP contribution in [0, 0.1) is 0 Å². The lowest BCUT2D eigenvalue weighted by Crippen LogP contribution is -2.29. The second kappa shape index (κ2) is 10.2. The summed E-state index contributed by atoms with van der Waals surface area (Å²) in [5, 5.41) is 9.47. The number of thiocarbonyl (C=S) groups is 1. The van der Waals surface area contributed by atoms with Crippen LogP contribution in [-0.2, 0) is 16.0 Å². The fourth-order valence-electron chi connectivity index (χ4n) is 2.93. The number of allylic oxidation sites excluding steroid dienone is 2. The van der Waals surface area contributed by atoms with Gasteiger partial charge in [-0.3, -0.25) is 14.5 Å². The van der Waals surface area contributed by atoms with Crippen molar-refractivity contribution in [1.82, 2.24) is 4.90 Å². The number of Topliss-reactive ketones (excluding diaryl/α,β-unsaturated/α-hetero) is 1. The highest BCUT2D eigenvalue weighted by Gasteiger charge is 2.31. The first-order valence-electron chi connectivity index (χ1n) is 9.29. The Kier molecular flexibility index (Phi) is 7.38. The van der Waals surface area contributed by atoms with Gasteiger partial charge in [-0.05, 0) is 35.8 Å². The number of thioether (sulfide) groups is 1. The van der Waals surface area contributed by atoms with Gasteiger partial charge < -0.3 is 5.11 Å². The largest absolute Gasteiger partial charge is 0.508 e. The van der Waals surface area contributed by atoms with Crippen LogP contribution in [0.4, 0.5) is 0 Å². The minimum absolute atomic E-state index is 0.0716. The Morgan fingerprint density at radius 2 is 1.93 bits per heavy atom. The van der Waals surface area contributed by atoms with Crippen molar-refractivity contribution in [1.29, 1.82) is 0 Å². The number of hydrogen-bond donors (Lipinski definition) is 1. The molecule has 1 heterocycles. The Labute approximate surface area is 179 Å². The summed E-state index contributed by atoms with van der Waals surface area (Å²) in [5.41, 5.74) is 1.85. The molecule has 0 aromatic heterocycles. The van der Waals surface area contributed by atoms with E-state index < -0.39 is 0 Å².